The van der Waals surface area contributed by atoms with E-state index in [0.717, 1.165) is 155 Å². The Morgan fingerprint density at radius 1 is 0.285 bits per heavy atom. The maximum absolute atomic E-state index is 10.5. The molecule has 18 rings (SSSR count). The van der Waals surface area contributed by atoms with Crippen LogP contribution in [-0.2, 0) is 69.7 Å². The first-order chi connectivity index (χ1) is 65.3. The van der Waals surface area contributed by atoms with Crippen molar-refractivity contribution in [2.75, 3.05) is 0 Å². The second-order valence-corrected chi connectivity index (χ2v) is 32.8. The smallest absolute Gasteiger partial charge is 0.230 e. The van der Waals surface area contributed by atoms with E-state index < -0.39 is 0 Å². The summed E-state index contributed by atoms with van der Waals surface area (Å²) in [5.74, 6) is 1.74. The maximum atomic E-state index is 10.5. The third-order valence-corrected chi connectivity index (χ3v) is 18.4. The molecule has 137 heavy (non-hydrogen) atoms. The number of pyridine rings is 3. The van der Waals surface area contributed by atoms with E-state index in [1.165, 1.54) is 77.0 Å². The number of nitrogens with zero attached hydrogens (tertiary/aromatic N) is 7. The third kappa shape index (κ3) is 38.1. The first-order valence-corrected chi connectivity index (χ1v) is 49.8. The van der Waals surface area contributed by atoms with Gasteiger partial charge in [-0.3, -0.25) is 15.0 Å². The molecule has 6 heterocycles. The summed E-state index contributed by atoms with van der Waals surface area (Å²) >= 11 is 1.58. The Kier molecular flexibility index (Phi) is 65.7. The third-order valence-electron chi connectivity index (χ3n) is 17.3. The van der Waals surface area contributed by atoms with Crippen LogP contribution >= 0.6 is 11.3 Å². The molecular formula is C122H152N7O4Pt3S-3. The van der Waals surface area contributed by atoms with Gasteiger partial charge in [-0.25, -0.2) is 15.0 Å². The van der Waals surface area contributed by atoms with E-state index in [4.69, 9.17) is 19.4 Å². The Morgan fingerprint density at radius 3 is 0.934 bits per heavy atom. The Labute approximate surface area is 870 Å². The van der Waals surface area contributed by atoms with Gasteiger partial charge in [0.1, 0.15) is 33.7 Å². The normalized spacial score (nSPS) is 9.64. The number of hydrogen-bond acceptors (Lipinski definition) is 11. The number of aromatic nitrogens is 7. The Hall–Kier alpha value is -10.8. The minimum absolute atomic E-state index is 0. The fraction of sp³-hybridized carbons (Fsp3) is 0.311. The number of benzene rings is 12. The van der Waals surface area contributed by atoms with Gasteiger partial charge in [0.15, 0.2) is 0 Å². The van der Waals surface area contributed by atoms with Gasteiger partial charge in [0, 0.05) is 110 Å². The predicted octanol–water partition coefficient (Wildman–Crippen LogP) is 38.3. The van der Waals surface area contributed by atoms with E-state index in [-0.39, 0.29) is 80.4 Å². The van der Waals surface area contributed by atoms with Crippen molar-refractivity contribution in [3.8, 4) is 118 Å². The number of rotatable bonds is 10. The number of oxazole rings is 1. The van der Waals surface area contributed by atoms with Crippen LogP contribution in [0.2, 0.25) is 0 Å². The van der Waals surface area contributed by atoms with E-state index in [1.807, 2.05) is 164 Å². The van der Waals surface area contributed by atoms with Gasteiger partial charge >= 0.3 is 0 Å². The molecule has 738 valence electrons. The van der Waals surface area contributed by atoms with E-state index in [1.54, 1.807) is 47.9 Å². The summed E-state index contributed by atoms with van der Waals surface area (Å²) in [5, 5.41) is 38.6. The maximum Gasteiger partial charge on any atom is 0.230 e. The summed E-state index contributed by atoms with van der Waals surface area (Å²) in [6.45, 7) is 53.8. The van der Waals surface area contributed by atoms with Crippen LogP contribution in [0.4, 0.5) is 0 Å². The number of aryl methyl sites for hydroxylation is 1. The zero-order valence-electron chi connectivity index (χ0n) is 86.1. The van der Waals surface area contributed by atoms with Crippen molar-refractivity contribution in [1.82, 2.24) is 34.5 Å². The summed E-state index contributed by atoms with van der Waals surface area (Å²) in [4.78, 5) is 28.4. The van der Waals surface area contributed by atoms with Gasteiger partial charge in [0.2, 0.25) is 5.89 Å². The van der Waals surface area contributed by atoms with Crippen molar-refractivity contribution >= 4 is 76.0 Å². The van der Waals surface area contributed by atoms with Crippen molar-refractivity contribution in [1.29, 1.82) is 0 Å². The fourth-order valence-corrected chi connectivity index (χ4v) is 13.8. The number of aromatic hydroxyl groups is 3. The molecule has 6 aromatic heterocycles. The molecule has 3 N–H and O–H groups in total. The first kappa shape index (κ1) is 124. The monoisotopic (exact) mass is 2400 g/mol. The van der Waals surface area contributed by atoms with Crippen LogP contribution in [0.5, 0.6) is 17.2 Å². The summed E-state index contributed by atoms with van der Waals surface area (Å²) in [6.07, 6.45) is 20.4. The molecule has 18 aromatic rings. The topological polar surface area (TPSA) is 156 Å². The van der Waals surface area contributed by atoms with Crippen molar-refractivity contribution in [3.05, 3.63) is 310 Å². The Bertz CT molecular complexity index is 5970. The molecule has 0 saturated carbocycles. The van der Waals surface area contributed by atoms with Crippen molar-refractivity contribution in [2.24, 2.45) is 0 Å². The quantitative estimate of drug-likeness (QED) is 0.113. The second kappa shape index (κ2) is 72.5. The molecule has 0 atom stereocenters. The van der Waals surface area contributed by atoms with E-state index >= 15 is 0 Å². The molecular weight excluding hydrogens is 2240 g/mol. The molecule has 11 nitrogen and oxygen atoms in total. The second-order valence-electron chi connectivity index (χ2n) is 31.8. The molecule has 0 amide bonds. The summed E-state index contributed by atoms with van der Waals surface area (Å²) in [7, 11) is 0. The molecule has 0 spiro atoms. The van der Waals surface area contributed by atoms with Gasteiger partial charge in [0.05, 0.1) is 38.8 Å². The molecule has 0 unspecified atom stereocenters. The number of phenolic OH excluding ortho intramolecular Hbond substituents is 3. The fourth-order valence-electron chi connectivity index (χ4n) is 12.7. The predicted molar refractivity (Wildman–Crippen MR) is 587 cm³/mol. The van der Waals surface area contributed by atoms with Gasteiger partial charge < -0.3 is 24.3 Å². The summed E-state index contributed by atoms with van der Waals surface area (Å²) in [6, 6.07) is 100.0. The van der Waals surface area contributed by atoms with Crippen LogP contribution < -0.4 is 0 Å². The Balaban J connectivity index is 0.000000865. The number of thiazole rings is 1. The van der Waals surface area contributed by atoms with E-state index in [2.05, 4.69) is 302 Å². The first-order valence-electron chi connectivity index (χ1n) is 49.0. The van der Waals surface area contributed by atoms with Crippen LogP contribution in [0.25, 0.3) is 165 Å². The van der Waals surface area contributed by atoms with E-state index in [9.17, 15) is 15.3 Å². The molecule has 0 aliphatic rings. The molecule has 12 aromatic carbocycles. The van der Waals surface area contributed by atoms with Crippen molar-refractivity contribution in [3.63, 3.8) is 0 Å². The number of phenols is 3. The molecule has 0 aliphatic heterocycles. The van der Waals surface area contributed by atoms with Gasteiger partial charge in [0.25, 0.3) is 0 Å². The molecule has 0 aliphatic carbocycles. The van der Waals surface area contributed by atoms with Gasteiger partial charge in [-0.1, -0.05) is 491 Å². The number of fused-ring (bicyclic) bond motifs is 6. The van der Waals surface area contributed by atoms with Crippen molar-refractivity contribution < 1.29 is 82.9 Å². The zero-order valence-corrected chi connectivity index (χ0v) is 93.8. The van der Waals surface area contributed by atoms with Crippen LogP contribution in [-0.4, -0.2) is 49.8 Å². The standard InChI is InChI=1S/C30H22N3O.C28H17N2O2.C28H17N2OS.12C3H8.3Pt/c1-2-33-27-15-9-13-23(29(27)32-30(33)24-12-5-6-16-28(24)34)21-18-20-10-3-4-11-22(20)25(19-21)26-14-7-8-17-31-26;2*31-25-13-4-3-10-22(25)28-30-27-21(11-7-14-26(27)32-28)19-16-18-8-1-2-9-20(18)23(17-19)24-12-5-6-15-29-24;12*1-3-2;;;/h3-18,34H,2H2,1H3;2*1-16,31H;12*3H2,1-2H3;;;/q3*-1;;;;;;;;;;;;;;;. The van der Waals surface area contributed by atoms with Crippen molar-refractivity contribution in [2.45, 2.75) is 257 Å². The minimum Gasteiger partial charge on any atom is -0.507 e. The van der Waals surface area contributed by atoms with Gasteiger partial charge in [-0.05, 0) is 79.7 Å². The number of hydrogen-bond donors (Lipinski definition) is 3. The summed E-state index contributed by atoms with van der Waals surface area (Å²) in [5.41, 5.74) is 17.6. The minimum atomic E-state index is 0. The molecule has 0 radical (unpaired) electrons. The van der Waals surface area contributed by atoms with Crippen LogP contribution in [0.1, 0.15) is 250 Å². The largest absolute Gasteiger partial charge is 0.507 e. The average Bonchev–Trinajstić information content (AvgIpc) is 1.75. The number of para-hydroxylation sites is 6. The van der Waals surface area contributed by atoms with Crippen LogP contribution in [0.3, 0.4) is 0 Å². The molecule has 0 fully saturated rings. The molecule has 0 saturated heterocycles. The number of imidazole rings is 1. The van der Waals surface area contributed by atoms with E-state index in [0.29, 0.717) is 17.0 Å². The van der Waals surface area contributed by atoms with Crippen LogP contribution in [0, 0.1) is 18.2 Å². The molecule has 0 bridgehead atoms. The SMILES string of the molecule is CCC.CCC.CCC.CCC.CCC.CCC.CCC.CCC.CCC.CCC.CCC.CCC.CCn1c(-c2ccccc2O)nc2c(-c3[c-]c(-c4ccccn4)c4ccccc4c3)cccc21.Oc1ccccc1-c1nc2c(-c3[c-]c(-c4ccccn4)c4ccccc4c3)cccc2o1.Oc1ccccc1-c1nc2c(-c3[c-]c(-c4ccccn4)c4ccccc4c3)cccc2s1.[Pt].[Pt].[Pt]. The molecule has 15 heteroatoms. The summed E-state index contributed by atoms with van der Waals surface area (Å²) < 4.78 is 9.22. The average molecular weight is 2400 g/mol. The van der Waals surface area contributed by atoms with Gasteiger partial charge in [-0.2, -0.15) is 0 Å². The zero-order chi connectivity index (χ0) is 98.5. The van der Waals surface area contributed by atoms with Gasteiger partial charge in [-0.15, -0.1) is 64.4 Å². The van der Waals surface area contributed by atoms with Crippen LogP contribution in [0.15, 0.2) is 296 Å². The Morgan fingerprint density at radius 2 is 0.584 bits per heavy atom.